The maximum Gasteiger partial charge on any atom is 0.231 e. The molecule has 24 heavy (non-hydrogen) atoms. The molecule has 1 N–H and O–H groups in total. The topological polar surface area (TPSA) is 48.3 Å². The number of hydrogen-bond donors (Lipinski definition) is 1. The van der Waals surface area contributed by atoms with E-state index in [0.29, 0.717) is 12.5 Å². The van der Waals surface area contributed by atoms with Crippen molar-refractivity contribution in [2.75, 3.05) is 12.1 Å². The van der Waals surface area contributed by atoms with Gasteiger partial charge < -0.3 is 19.4 Å². The van der Waals surface area contributed by atoms with E-state index in [1.807, 2.05) is 35.9 Å². The minimum atomic E-state index is -0.241. The Balaban J connectivity index is 1.55. The van der Waals surface area contributed by atoms with E-state index in [1.165, 1.54) is 12.1 Å². The van der Waals surface area contributed by atoms with Crippen molar-refractivity contribution >= 4 is 5.95 Å². The van der Waals surface area contributed by atoms with Gasteiger partial charge in [0.15, 0.2) is 11.5 Å². The Hall–Kier alpha value is -3.02. The van der Waals surface area contributed by atoms with Crippen LogP contribution in [0.15, 0.2) is 48.7 Å². The number of imidazole rings is 1. The lowest BCUT2D eigenvalue weighted by Gasteiger charge is -2.09. The van der Waals surface area contributed by atoms with Gasteiger partial charge in [0.2, 0.25) is 12.7 Å². The van der Waals surface area contributed by atoms with Crippen molar-refractivity contribution in [1.29, 1.82) is 0 Å². The number of aromatic nitrogens is 2. The molecular formula is C18H16FN3O2. The van der Waals surface area contributed by atoms with Crippen LogP contribution in [0, 0.1) is 5.82 Å². The lowest BCUT2D eigenvalue weighted by molar-refractivity contribution is 0.174. The Morgan fingerprint density at radius 1 is 1.17 bits per heavy atom. The van der Waals surface area contributed by atoms with Crippen LogP contribution in [0.5, 0.6) is 11.5 Å². The highest BCUT2D eigenvalue weighted by Gasteiger charge is 2.16. The van der Waals surface area contributed by atoms with Crippen LogP contribution >= 0.6 is 0 Å². The van der Waals surface area contributed by atoms with Gasteiger partial charge in [-0.05, 0) is 35.9 Å². The van der Waals surface area contributed by atoms with E-state index in [0.717, 1.165) is 28.3 Å². The Kier molecular flexibility index (Phi) is 3.57. The van der Waals surface area contributed by atoms with Gasteiger partial charge >= 0.3 is 0 Å². The molecule has 3 aromatic rings. The van der Waals surface area contributed by atoms with Crippen LogP contribution in [0.25, 0.3) is 11.3 Å². The summed E-state index contributed by atoms with van der Waals surface area (Å²) < 4.78 is 25.9. The fraction of sp³-hybridized carbons (Fsp3) is 0.167. The zero-order valence-electron chi connectivity index (χ0n) is 13.1. The van der Waals surface area contributed by atoms with Crippen molar-refractivity contribution in [3.05, 3.63) is 60.0 Å². The maximum atomic E-state index is 13.2. The third-order valence-electron chi connectivity index (χ3n) is 4.00. The fourth-order valence-corrected chi connectivity index (χ4v) is 2.73. The number of ether oxygens (including phenoxy) is 2. The molecule has 5 nitrogen and oxygen atoms in total. The van der Waals surface area contributed by atoms with E-state index in [2.05, 4.69) is 10.3 Å². The molecule has 1 aliphatic rings. The first kappa shape index (κ1) is 14.6. The number of halogens is 1. The first-order valence-corrected chi connectivity index (χ1v) is 7.61. The van der Waals surface area contributed by atoms with E-state index < -0.39 is 0 Å². The molecule has 0 atom stereocenters. The number of benzene rings is 2. The van der Waals surface area contributed by atoms with Crippen molar-refractivity contribution in [3.8, 4) is 22.8 Å². The minimum absolute atomic E-state index is 0.241. The van der Waals surface area contributed by atoms with Crippen molar-refractivity contribution in [2.24, 2.45) is 7.05 Å². The number of fused-ring (bicyclic) bond motifs is 1. The van der Waals surface area contributed by atoms with Crippen molar-refractivity contribution < 1.29 is 13.9 Å². The average molecular weight is 325 g/mol. The largest absolute Gasteiger partial charge is 0.454 e. The summed E-state index contributed by atoms with van der Waals surface area (Å²) >= 11 is 0. The molecule has 4 rings (SSSR count). The van der Waals surface area contributed by atoms with E-state index in [4.69, 9.17) is 9.47 Å². The first-order valence-electron chi connectivity index (χ1n) is 7.61. The van der Waals surface area contributed by atoms with Gasteiger partial charge in [0.25, 0.3) is 0 Å². The molecule has 122 valence electrons. The Morgan fingerprint density at radius 2 is 2.04 bits per heavy atom. The standard InChI is InChI=1S/C18H16FN3O2/c1-22-15(13-5-6-16-17(8-13)24-11-23-16)10-21-18(22)20-9-12-3-2-4-14(19)7-12/h2-8,10H,9,11H2,1H3,(H,20,21). The smallest absolute Gasteiger partial charge is 0.231 e. The van der Waals surface area contributed by atoms with Gasteiger partial charge in [0.1, 0.15) is 5.82 Å². The van der Waals surface area contributed by atoms with Gasteiger partial charge in [0, 0.05) is 19.2 Å². The highest BCUT2D eigenvalue weighted by Crippen LogP contribution is 2.36. The zero-order chi connectivity index (χ0) is 16.5. The lowest BCUT2D eigenvalue weighted by atomic mass is 10.1. The highest BCUT2D eigenvalue weighted by molar-refractivity contribution is 5.66. The van der Waals surface area contributed by atoms with Crippen molar-refractivity contribution in [1.82, 2.24) is 9.55 Å². The van der Waals surface area contributed by atoms with Gasteiger partial charge in [0.05, 0.1) is 11.9 Å². The lowest BCUT2D eigenvalue weighted by Crippen LogP contribution is -2.05. The Bertz CT molecular complexity index is 892. The molecular weight excluding hydrogens is 309 g/mol. The molecule has 1 aliphatic heterocycles. The SMILES string of the molecule is Cn1c(-c2ccc3c(c2)OCO3)cnc1NCc1cccc(F)c1. The van der Waals surface area contributed by atoms with Gasteiger partial charge in [-0.1, -0.05) is 12.1 Å². The van der Waals surface area contributed by atoms with Gasteiger partial charge in [-0.25, -0.2) is 9.37 Å². The van der Waals surface area contributed by atoms with E-state index in [-0.39, 0.29) is 12.6 Å². The van der Waals surface area contributed by atoms with Crippen LogP contribution in [0.4, 0.5) is 10.3 Å². The molecule has 0 spiro atoms. The number of rotatable bonds is 4. The summed E-state index contributed by atoms with van der Waals surface area (Å²) in [7, 11) is 1.93. The second-order valence-corrected chi connectivity index (χ2v) is 5.58. The van der Waals surface area contributed by atoms with Crippen molar-refractivity contribution in [3.63, 3.8) is 0 Å². The van der Waals surface area contributed by atoms with Gasteiger partial charge in [-0.2, -0.15) is 0 Å². The molecule has 0 radical (unpaired) electrons. The summed E-state index contributed by atoms with van der Waals surface area (Å²) in [5, 5.41) is 3.23. The summed E-state index contributed by atoms with van der Waals surface area (Å²) in [4.78, 5) is 4.41. The van der Waals surface area contributed by atoms with E-state index in [1.54, 1.807) is 12.3 Å². The molecule has 2 aromatic carbocycles. The summed E-state index contributed by atoms with van der Waals surface area (Å²) in [6.45, 7) is 0.758. The zero-order valence-corrected chi connectivity index (χ0v) is 13.1. The van der Waals surface area contributed by atoms with Crippen LogP contribution in [-0.4, -0.2) is 16.3 Å². The molecule has 0 unspecified atom stereocenters. The number of anilines is 1. The van der Waals surface area contributed by atoms with Crippen LogP contribution in [0.3, 0.4) is 0 Å². The minimum Gasteiger partial charge on any atom is -0.454 e. The third-order valence-corrected chi connectivity index (χ3v) is 4.00. The van der Waals surface area contributed by atoms with Crippen LogP contribution in [-0.2, 0) is 13.6 Å². The second kappa shape index (κ2) is 5.88. The van der Waals surface area contributed by atoms with Crippen LogP contribution in [0.1, 0.15) is 5.56 Å². The number of nitrogens with one attached hydrogen (secondary N) is 1. The van der Waals surface area contributed by atoms with Crippen LogP contribution < -0.4 is 14.8 Å². The normalized spacial score (nSPS) is 12.4. The monoisotopic (exact) mass is 325 g/mol. The molecule has 0 saturated carbocycles. The predicted octanol–water partition coefficient (Wildman–Crippen LogP) is 3.57. The average Bonchev–Trinajstić information content (AvgIpc) is 3.19. The molecule has 0 saturated heterocycles. The van der Waals surface area contributed by atoms with Crippen molar-refractivity contribution in [2.45, 2.75) is 6.54 Å². The third kappa shape index (κ3) is 2.67. The van der Waals surface area contributed by atoms with E-state index in [9.17, 15) is 4.39 Å². The summed E-state index contributed by atoms with van der Waals surface area (Å²) in [5.74, 6) is 1.97. The molecule has 0 amide bonds. The summed E-state index contributed by atoms with van der Waals surface area (Å²) in [6.07, 6.45) is 1.80. The van der Waals surface area contributed by atoms with Crippen LogP contribution in [0.2, 0.25) is 0 Å². The quantitative estimate of drug-likeness (QED) is 0.797. The predicted molar refractivity (Wildman–Crippen MR) is 88.5 cm³/mol. The number of nitrogens with zero attached hydrogens (tertiary/aromatic N) is 2. The molecule has 6 heteroatoms. The van der Waals surface area contributed by atoms with Gasteiger partial charge in [-0.3, -0.25) is 0 Å². The summed E-state index contributed by atoms with van der Waals surface area (Å²) in [5.41, 5.74) is 2.81. The second-order valence-electron chi connectivity index (χ2n) is 5.58. The Morgan fingerprint density at radius 3 is 2.92 bits per heavy atom. The molecule has 0 aliphatic carbocycles. The summed E-state index contributed by atoms with van der Waals surface area (Å²) in [6, 6.07) is 12.3. The van der Waals surface area contributed by atoms with E-state index >= 15 is 0 Å². The highest BCUT2D eigenvalue weighted by atomic mass is 19.1. The Labute approximate surface area is 138 Å². The number of hydrogen-bond acceptors (Lipinski definition) is 4. The molecule has 2 heterocycles. The molecule has 1 aromatic heterocycles. The molecule has 0 bridgehead atoms. The van der Waals surface area contributed by atoms with Gasteiger partial charge in [-0.15, -0.1) is 0 Å². The first-order chi connectivity index (χ1) is 11.7. The maximum absolute atomic E-state index is 13.2. The molecule has 0 fully saturated rings. The fourth-order valence-electron chi connectivity index (χ4n) is 2.73.